The van der Waals surface area contributed by atoms with E-state index in [0.29, 0.717) is 0 Å². The number of nitro benzene ring substituents is 1. The van der Waals surface area contributed by atoms with Crippen molar-refractivity contribution in [3.63, 3.8) is 0 Å². The van der Waals surface area contributed by atoms with Gasteiger partial charge in [0.25, 0.3) is 5.69 Å². The normalized spacial score (nSPS) is 11.8. The highest BCUT2D eigenvalue weighted by molar-refractivity contribution is 5.50. The van der Waals surface area contributed by atoms with Crippen LogP contribution >= 0.6 is 0 Å². The Hall–Kier alpha value is -2.40. The van der Waals surface area contributed by atoms with Crippen LogP contribution in [0.1, 0.15) is 11.6 Å². The second-order valence-corrected chi connectivity index (χ2v) is 4.09. The average molecular weight is 258 g/mol. The topological polar surface area (TPSA) is 75.4 Å². The van der Waals surface area contributed by atoms with E-state index in [-0.39, 0.29) is 18.3 Å². The largest absolute Gasteiger partial charge is 0.394 e. The molecule has 0 saturated heterocycles. The van der Waals surface area contributed by atoms with E-state index in [0.717, 1.165) is 11.3 Å². The molecule has 0 fully saturated rings. The summed E-state index contributed by atoms with van der Waals surface area (Å²) >= 11 is 0. The second-order valence-electron chi connectivity index (χ2n) is 4.09. The van der Waals surface area contributed by atoms with E-state index in [2.05, 4.69) is 5.32 Å². The van der Waals surface area contributed by atoms with E-state index in [4.69, 9.17) is 0 Å². The van der Waals surface area contributed by atoms with E-state index in [9.17, 15) is 15.2 Å². The number of non-ortho nitro benzene ring substituents is 1. The lowest BCUT2D eigenvalue weighted by Crippen LogP contribution is -2.14. The molecule has 0 heterocycles. The molecule has 0 aliphatic heterocycles. The minimum atomic E-state index is -0.440. The number of aliphatic hydroxyl groups excluding tert-OH is 1. The molecule has 0 saturated carbocycles. The molecule has 19 heavy (non-hydrogen) atoms. The highest BCUT2D eigenvalue weighted by atomic mass is 16.6. The molecule has 0 aliphatic carbocycles. The molecule has 2 aromatic rings. The van der Waals surface area contributed by atoms with Gasteiger partial charge in [0.2, 0.25) is 0 Å². The van der Waals surface area contributed by atoms with Crippen LogP contribution in [0.4, 0.5) is 11.4 Å². The van der Waals surface area contributed by atoms with Gasteiger partial charge >= 0.3 is 0 Å². The number of benzene rings is 2. The Morgan fingerprint density at radius 1 is 1.11 bits per heavy atom. The predicted molar refractivity (Wildman–Crippen MR) is 73.0 cm³/mol. The second kappa shape index (κ2) is 5.97. The van der Waals surface area contributed by atoms with Crippen LogP contribution in [0.2, 0.25) is 0 Å². The van der Waals surface area contributed by atoms with E-state index in [1.807, 2.05) is 30.3 Å². The fourth-order valence-corrected chi connectivity index (χ4v) is 1.80. The van der Waals surface area contributed by atoms with Crippen molar-refractivity contribution in [1.82, 2.24) is 0 Å². The molecule has 0 radical (unpaired) electrons. The van der Waals surface area contributed by atoms with Crippen molar-refractivity contribution >= 4 is 11.4 Å². The third kappa shape index (κ3) is 3.29. The Labute approximate surface area is 110 Å². The summed E-state index contributed by atoms with van der Waals surface area (Å²) in [6.07, 6.45) is 0. The Morgan fingerprint density at radius 3 is 2.26 bits per heavy atom. The fraction of sp³-hybridized carbons (Fsp3) is 0.143. The first-order chi connectivity index (χ1) is 9.20. The zero-order valence-electron chi connectivity index (χ0n) is 10.2. The smallest absolute Gasteiger partial charge is 0.269 e. The summed E-state index contributed by atoms with van der Waals surface area (Å²) in [5.74, 6) is 0. The lowest BCUT2D eigenvalue weighted by atomic mass is 10.1. The Balaban J connectivity index is 2.12. The molecule has 98 valence electrons. The number of aliphatic hydroxyl groups is 1. The summed E-state index contributed by atoms with van der Waals surface area (Å²) in [6.45, 7) is -0.0546. The van der Waals surface area contributed by atoms with Crippen LogP contribution in [0.3, 0.4) is 0 Å². The van der Waals surface area contributed by atoms with Crippen LogP contribution in [0.25, 0.3) is 0 Å². The summed E-state index contributed by atoms with van der Waals surface area (Å²) in [6, 6.07) is 15.4. The molecular formula is C14H14N2O3. The minimum absolute atomic E-state index is 0.0470. The van der Waals surface area contributed by atoms with Gasteiger partial charge in [-0.15, -0.1) is 0 Å². The van der Waals surface area contributed by atoms with Crippen molar-refractivity contribution in [3.05, 3.63) is 70.3 Å². The van der Waals surface area contributed by atoms with E-state index in [1.54, 1.807) is 12.1 Å². The van der Waals surface area contributed by atoms with Gasteiger partial charge < -0.3 is 10.4 Å². The van der Waals surface area contributed by atoms with Crippen LogP contribution in [-0.4, -0.2) is 16.6 Å². The van der Waals surface area contributed by atoms with Crippen molar-refractivity contribution < 1.29 is 10.0 Å². The van der Waals surface area contributed by atoms with Crippen LogP contribution in [0.5, 0.6) is 0 Å². The molecule has 0 aromatic heterocycles. The molecule has 0 spiro atoms. The standard InChI is InChI=1S/C14H14N2O3/c17-10-14(11-4-2-1-3-5-11)15-12-6-8-13(9-7-12)16(18)19/h1-9,14-15,17H,10H2/t14-/m1/s1. The van der Waals surface area contributed by atoms with Crippen molar-refractivity contribution in [2.24, 2.45) is 0 Å². The quantitative estimate of drug-likeness (QED) is 0.638. The first-order valence-corrected chi connectivity index (χ1v) is 5.87. The third-order valence-corrected chi connectivity index (χ3v) is 2.80. The molecule has 0 bridgehead atoms. The maximum Gasteiger partial charge on any atom is 0.269 e. The van der Waals surface area contributed by atoms with Crippen LogP contribution in [0, 0.1) is 10.1 Å². The molecule has 5 nitrogen and oxygen atoms in total. The summed E-state index contributed by atoms with van der Waals surface area (Å²) in [5, 5.41) is 23.1. The van der Waals surface area contributed by atoms with Crippen LogP contribution in [-0.2, 0) is 0 Å². The summed E-state index contributed by atoms with van der Waals surface area (Å²) in [4.78, 5) is 10.1. The third-order valence-electron chi connectivity index (χ3n) is 2.80. The zero-order chi connectivity index (χ0) is 13.7. The van der Waals surface area contributed by atoms with Crippen molar-refractivity contribution in [2.45, 2.75) is 6.04 Å². The Morgan fingerprint density at radius 2 is 1.74 bits per heavy atom. The highest BCUT2D eigenvalue weighted by Crippen LogP contribution is 2.21. The number of rotatable bonds is 5. The number of anilines is 1. The molecule has 5 heteroatoms. The fourth-order valence-electron chi connectivity index (χ4n) is 1.80. The van der Waals surface area contributed by atoms with E-state index in [1.165, 1.54) is 12.1 Å². The molecule has 2 rings (SSSR count). The van der Waals surface area contributed by atoms with Gasteiger partial charge in [0.15, 0.2) is 0 Å². The van der Waals surface area contributed by atoms with Crippen molar-refractivity contribution in [2.75, 3.05) is 11.9 Å². The molecule has 0 amide bonds. The first-order valence-electron chi connectivity index (χ1n) is 5.87. The van der Waals surface area contributed by atoms with Gasteiger partial charge in [-0.05, 0) is 17.7 Å². The zero-order valence-corrected chi connectivity index (χ0v) is 10.2. The summed E-state index contributed by atoms with van der Waals surface area (Å²) in [7, 11) is 0. The van der Waals surface area contributed by atoms with Crippen LogP contribution < -0.4 is 5.32 Å². The van der Waals surface area contributed by atoms with Gasteiger partial charge in [-0.25, -0.2) is 0 Å². The number of nitrogens with zero attached hydrogens (tertiary/aromatic N) is 1. The predicted octanol–water partition coefficient (Wildman–Crippen LogP) is 2.74. The Kier molecular flexibility index (Phi) is 4.10. The van der Waals surface area contributed by atoms with E-state index < -0.39 is 4.92 Å². The van der Waals surface area contributed by atoms with Crippen LogP contribution in [0.15, 0.2) is 54.6 Å². The average Bonchev–Trinajstić information content (AvgIpc) is 2.46. The number of hydrogen-bond acceptors (Lipinski definition) is 4. The van der Waals surface area contributed by atoms with E-state index >= 15 is 0 Å². The molecule has 2 aromatic carbocycles. The number of nitro groups is 1. The monoisotopic (exact) mass is 258 g/mol. The molecule has 0 aliphatic rings. The van der Waals surface area contributed by atoms with Crippen molar-refractivity contribution in [1.29, 1.82) is 0 Å². The van der Waals surface area contributed by atoms with Gasteiger partial charge in [0.05, 0.1) is 17.6 Å². The number of nitrogens with one attached hydrogen (secondary N) is 1. The molecule has 1 atom stereocenters. The molecular weight excluding hydrogens is 244 g/mol. The van der Waals surface area contributed by atoms with Gasteiger partial charge in [0, 0.05) is 17.8 Å². The van der Waals surface area contributed by atoms with Crippen molar-refractivity contribution in [3.8, 4) is 0 Å². The van der Waals surface area contributed by atoms with Gasteiger partial charge in [-0.2, -0.15) is 0 Å². The maximum absolute atomic E-state index is 10.6. The lowest BCUT2D eigenvalue weighted by Gasteiger charge is -2.17. The summed E-state index contributed by atoms with van der Waals surface area (Å²) < 4.78 is 0. The molecule has 0 unspecified atom stereocenters. The maximum atomic E-state index is 10.6. The van der Waals surface area contributed by atoms with Gasteiger partial charge in [-0.1, -0.05) is 30.3 Å². The van der Waals surface area contributed by atoms with Gasteiger partial charge in [0.1, 0.15) is 0 Å². The Bertz CT molecular complexity index is 540. The SMILES string of the molecule is O=[N+]([O-])c1ccc(N[C@H](CO)c2ccccc2)cc1. The molecule has 2 N–H and O–H groups in total. The summed E-state index contributed by atoms with van der Waals surface area (Å²) in [5.41, 5.74) is 1.74. The lowest BCUT2D eigenvalue weighted by molar-refractivity contribution is -0.384. The van der Waals surface area contributed by atoms with Gasteiger partial charge in [-0.3, -0.25) is 10.1 Å². The minimum Gasteiger partial charge on any atom is -0.394 e. The number of hydrogen-bond donors (Lipinski definition) is 2. The highest BCUT2D eigenvalue weighted by Gasteiger charge is 2.10. The first kappa shape index (κ1) is 13.0.